The van der Waals surface area contributed by atoms with E-state index >= 15 is 4.39 Å². The number of nitro benzene ring substituents is 1. The molecule has 0 atom stereocenters. The Bertz CT molecular complexity index is 1910. The lowest BCUT2D eigenvalue weighted by molar-refractivity contribution is -0.384. The molecule has 2 aromatic carbocycles. The summed E-state index contributed by atoms with van der Waals surface area (Å²) >= 11 is 0. The van der Waals surface area contributed by atoms with E-state index in [1.807, 2.05) is 4.72 Å². The number of amides is 2. The first-order valence-corrected chi connectivity index (χ1v) is 15.0. The van der Waals surface area contributed by atoms with Crippen molar-refractivity contribution in [3.05, 3.63) is 76.5 Å². The Balaban J connectivity index is 1.27. The summed E-state index contributed by atoms with van der Waals surface area (Å²) in [6.45, 7) is 0.0615. The van der Waals surface area contributed by atoms with Crippen molar-refractivity contribution in [1.29, 1.82) is 0 Å². The van der Waals surface area contributed by atoms with Crippen LogP contribution in [0.4, 0.5) is 33.0 Å². The van der Waals surface area contributed by atoms with Gasteiger partial charge in [-0.3, -0.25) is 19.7 Å². The summed E-state index contributed by atoms with van der Waals surface area (Å²) < 4.78 is 48.7. The van der Waals surface area contributed by atoms with Crippen LogP contribution in [0.5, 0.6) is 0 Å². The van der Waals surface area contributed by atoms with Crippen molar-refractivity contribution < 1.29 is 32.1 Å². The van der Waals surface area contributed by atoms with Gasteiger partial charge in [-0.05, 0) is 36.4 Å². The molecule has 0 radical (unpaired) electrons. The van der Waals surface area contributed by atoms with Gasteiger partial charge in [-0.15, -0.1) is 0 Å². The maximum Gasteiger partial charge on any atom is 0.293 e. The van der Waals surface area contributed by atoms with E-state index in [0.29, 0.717) is 11.3 Å². The summed E-state index contributed by atoms with van der Waals surface area (Å²) in [6, 6.07) is 12.7. The zero-order valence-corrected chi connectivity index (χ0v) is 23.8. The van der Waals surface area contributed by atoms with Crippen LogP contribution < -0.4 is 20.3 Å². The summed E-state index contributed by atoms with van der Waals surface area (Å²) in [4.78, 5) is 45.4. The SMILES string of the molecule is O=C1CN(c2ccccc2C(=O)NS(=O)(=O)c2ccc(NCC3(F)CCOCC3)c([N+](=O)[O-])c2)c2cc3cc[nH]c3nc2N1. The highest BCUT2D eigenvalue weighted by molar-refractivity contribution is 7.90. The lowest BCUT2D eigenvalue weighted by Crippen LogP contribution is -2.38. The van der Waals surface area contributed by atoms with Gasteiger partial charge in [0, 0.05) is 50.2 Å². The molecule has 4 N–H and O–H groups in total. The Labute approximate surface area is 249 Å². The number of sulfonamides is 1. The quantitative estimate of drug-likeness (QED) is 0.167. The molecule has 0 aliphatic carbocycles. The smallest absolute Gasteiger partial charge is 0.293 e. The topological polar surface area (TPSA) is 189 Å². The summed E-state index contributed by atoms with van der Waals surface area (Å²) in [7, 11) is -4.60. The normalized spacial score (nSPS) is 16.2. The predicted molar refractivity (Wildman–Crippen MR) is 158 cm³/mol. The summed E-state index contributed by atoms with van der Waals surface area (Å²) in [5.74, 6) is -1.15. The average Bonchev–Trinajstić information content (AvgIpc) is 3.46. The van der Waals surface area contributed by atoms with Crippen LogP contribution >= 0.6 is 0 Å². The standard InChI is InChI=1S/C28H26FN7O7S/c29-28(8-11-43-12-9-28)16-31-20-6-5-18(14-22(20)36(39)40)44(41,42)34-27(38)19-3-1-2-4-21(19)35-15-24(37)32-26-23(35)13-17-7-10-30-25(17)33-26/h1-7,10,13-14,31H,8-9,11-12,15-16H2,(H,34,38)(H2,30,32,33,37). The maximum absolute atomic E-state index is 15.0. The van der Waals surface area contributed by atoms with Gasteiger partial charge < -0.3 is 25.3 Å². The number of aromatic nitrogens is 2. The van der Waals surface area contributed by atoms with Crippen LogP contribution in [-0.4, -0.2) is 67.1 Å². The lowest BCUT2D eigenvalue weighted by atomic mass is 9.96. The van der Waals surface area contributed by atoms with Crippen LogP contribution in [0.3, 0.4) is 0 Å². The molecule has 1 fully saturated rings. The van der Waals surface area contributed by atoms with Gasteiger partial charge in [0.15, 0.2) is 5.82 Å². The molecule has 14 nitrogen and oxygen atoms in total. The van der Waals surface area contributed by atoms with Crippen LogP contribution in [-0.2, 0) is 19.6 Å². The number of ether oxygens (including phenoxy) is 1. The maximum atomic E-state index is 15.0. The Morgan fingerprint density at radius 3 is 2.68 bits per heavy atom. The number of alkyl halides is 1. The van der Waals surface area contributed by atoms with Crippen molar-refractivity contribution in [2.24, 2.45) is 0 Å². The number of hydrogen-bond acceptors (Lipinski definition) is 10. The third kappa shape index (κ3) is 5.63. The highest BCUT2D eigenvalue weighted by atomic mass is 32.2. The molecule has 44 heavy (non-hydrogen) atoms. The summed E-state index contributed by atoms with van der Waals surface area (Å²) in [6.07, 6.45) is 1.93. The molecule has 0 unspecified atom stereocenters. The number of carbonyl (C=O) groups is 2. The molecule has 2 aliphatic rings. The number of nitrogens with zero attached hydrogens (tertiary/aromatic N) is 3. The molecule has 2 amide bonds. The highest BCUT2D eigenvalue weighted by Gasteiger charge is 2.34. The van der Waals surface area contributed by atoms with Crippen LogP contribution in [0.15, 0.2) is 65.7 Å². The van der Waals surface area contributed by atoms with Gasteiger partial charge in [0.05, 0.1) is 26.8 Å². The molecule has 1 saturated heterocycles. The van der Waals surface area contributed by atoms with Crippen LogP contribution in [0.2, 0.25) is 0 Å². The fraction of sp³-hybridized carbons (Fsp3) is 0.250. The number of nitro groups is 1. The van der Waals surface area contributed by atoms with Crippen molar-refractivity contribution in [3.63, 3.8) is 0 Å². The second-order valence-corrected chi connectivity index (χ2v) is 12.1. The van der Waals surface area contributed by atoms with Gasteiger partial charge in [-0.25, -0.2) is 22.5 Å². The number of nitrogens with one attached hydrogen (secondary N) is 4. The third-order valence-corrected chi connectivity index (χ3v) is 8.82. The number of halogens is 1. The van der Waals surface area contributed by atoms with Crippen molar-refractivity contribution in [2.75, 3.05) is 41.8 Å². The van der Waals surface area contributed by atoms with Crippen LogP contribution in [0.25, 0.3) is 11.0 Å². The number of para-hydroxylation sites is 1. The molecule has 0 bridgehead atoms. The number of aromatic amines is 1. The minimum atomic E-state index is -4.60. The van der Waals surface area contributed by atoms with Crippen molar-refractivity contribution in [1.82, 2.24) is 14.7 Å². The van der Waals surface area contributed by atoms with Gasteiger partial charge in [-0.2, -0.15) is 0 Å². The van der Waals surface area contributed by atoms with Gasteiger partial charge in [0.1, 0.15) is 23.5 Å². The molecule has 2 aliphatic heterocycles. The lowest BCUT2D eigenvalue weighted by Gasteiger charge is -2.31. The first-order valence-electron chi connectivity index (χ1n) is 13.5. The highest BCUT2D eigenvalue weighted by Crippen LogP contribution is 2.38. The molecule has 16 heteroatoms. The van der Waals surface area contributed by atoms with E-state index in [9.17, 15) is 28.1 Å². The summed E-state index contributed by atoms with van der Waals surface area (Å²) in [5.41, 5.74) is -1.08. The fourth-order valence-corrected chi connectivity index (χ4v) is 6.15. The largest absolute Gasteiger partial charge is 0.381 e. The van der Waals surface area contributed by atoms with Crippen molar-refractivity contribution >= 4 is 61.4 Å². The second kappa shape index (κ2) is 11.2. The van der Waals surface area contributed by atoms with E-state index in [4.69, 9.17) is 4.74 Å². The summed E-state index contributed by atoms with van der Waals surface area (Å²) in [5, 5.41) is 18.0. The Morgan fingerprint density at radius 1 is 1.14 bits per heavy atom. The first-order chi connectivity index (χ1) is 21.0. The number of fused-ring (bicyclic) bond motifs is 2. The average molecular weight is 624 g/mol. The molecule has 4 heterocycles. The van der Waals surface area contributed by atoms with Gasteiger partial charge in [0.25, 0.3) is 21.6 Å². The number of rotatable bonds is 8. The van der Waals surface area contributed by atoms with Gasteiger partial charge >= 0.3 is 0 Å². The Morgan fingerprint density at radius 2 is 1.91 bits per heavy atom. The molecule has 4 aromatic rings. The fourth-order valence-electron chi connectivity index (χ4n) is 5.17. The molecule has 0 saturated carbocycles. The number of hydrogen-bond donors (Lipinski definition) is 4. The van der Waals surface area contributed by atoms with Crippen LogP contribution in [0.1, 0.15) is 23.2 Å². The van der Waals surface area contributed by atoms with Crippen LogP contribution in [0, 0.1) is 10.1 Å². The zero-order valence-electron chi connectivity index (χ0n) is 23.0. The van der Waals surface area contributed by atoms with Crippen molar-refractivity contribution in [2.45, 2.75) is 23.4 Å². The second-order valence-electron chi connectivity index (χ2n) is 10.4. The van der Waals surface area contributed by atoms with E-state index in [2.05, 4.69) is 20.6 Å². The van der Waals surface area contributed by atoms with Gasteiger partial charge in [-0.1, -0.05) is 12.1 Å². The Hall–Kier alpha value is -5.09. The van der Waals surface area contributed by atoms with E-state index in [1.54, 1.807) is 35.4 Å². The van der Waals surface area contributed by atoms with Crippen molar-refractivity contribution in [3.8, 4) is 0 Å². The minimum absolute atomic E-state index is 0.0663. The number of H-pyrrole nitrogens is 1. The zero-order chi connectivity index (χ0) is 31.1. The van der Waals surface area contributed by atoms with E-state index < -0.39 is 43.0 Å². The molecule has 0 spiro atoms. The van der Waals surface area contributed by atoms with E-state index in [0.717, 1.165) is 23.6 Å². The number of benzene rings is 2. The van der Waals surface area contributed by atoms with E-state index in [1.165, 1.54) is 12.1 Å². The predicted octanol–water partition coefficient (Wildman–Crippen LogP) is 3.61. The molecular formula is C28H26FN7O7S. The number of carbonyl (C=O) groups excluding carboxylic acids is 2. The first kappa shape index (κ1) is 29.0. The van der Waals surface area contributed by atoms with Gasteiger partial charge in [0.2, 0.25) is 5.91 Å². The molecule has 2 aromatic heterocycles. The molecule has 6 rings (SSSR count). The molecular weight excluding hydrogens is 597 g/mol. The third-order valence-electron chi connectivity index (χ3n) is 7.49. The molecule has 228 valence electrons. The number of anilines is 4. The monoisotopic (exact) mass is 623 g/mol. The Kier molecular flexibility index (Phi) is 7.38. The van der Waals surface area contributed by atoms with E-state index in [-0.39, 0.29) is 61.9 Å². The minimum Gasteiger partial charge on any atom is -0.381 e. The number of pyridine rings is 1.